The molecule has 0 unspecified atom stereocenters. The summed E-state index contributed by atoms with van der Waals surface area (Å²) in [7, 11) is 1.68. The summed E-state index contributed by atoms with van der Waals surface area (Å²) in [4.78, 5) is 0. The van der Waals surface area contributed by atoms with Crippen molar-refractivity contribution >= 4 is 15.9 Å². The highest BCUT2D eigenvalue weighted by atomic mass is 79.9. The summed E-state index contributed by atoms with van der Waals surface area (Å²) in [6.45, 7) is 4.06. The van der Waals surface area contributed by atoms with Crippen LogP contribution in [0.3, 0.4) is 0 Å². The van der Waals surface area contributed by atoms with E-state index in [0.717, 1.165) is 28.1 Å². The fourth-order valence-corrected chi connectivity index (χ4v) is 2.06. The molecule has 0 saturated heterocycles. The van der Waals surface area contributed by atoms with Crippen molar-refractivity contribution in [2.24, 2.45) is 0 Å². The van der Waals surface area contributed by atoms with Gasteiger partial charge in [0.15, 0.2) is 5.82 Å². The van der Waals surface area contributed by atoms with Crippen molar-refractivity contribution in [1.29, 1.82) is 0 Å². The Kier molecular flexibility index (Phi) is 5.00. The summed E-state index contributed by atoms with van der Waals surface area (Å²) in [5.41, 5.74) is 2.08. The van der Waals surface area contributed by atoms with Crippen molar-refractivity contribution in [3.63, 3.8) is 0 Å². The maximum absolute atomic E-state index is 4.98. The molecular weight excluding hydrogens is 310 g/mol. The van der Waals surface area contributed by atoms with Gasteiger partial charge in [-0.25, -0.2) is 0 Å². The number of aromatic nitrogens is 4. The van der Waals surface area contributed by atoms with Gasteiger partial charge < -0.3 is 10.1 Å². The molecule has 0 atom stereocenters. The van der Waals surface area contributed by atoms with Crippen LogP contribution in [0.1, 0.15) is 11.4 Å². The summed E-state index contributed by atoms with van der Waals surface area (Å²) in [5, 5.41) is 15.1. The van der Waals surface area contributed by atoms with Gasteiger partial charge in [-0.05, 0) is 35.0 Å². The molecule has 2 aromatic rings. The molecule has 0 aliphatic carbocycles. The van der Waals surface area contributed by atoms with Gasteiger partial charge in [-0.2, -0.15) is 4.68 Å². The smallest absolute Gasteiger partial charge is 0.170 e. The van der Waals surface area contributed by atoms with E-state index >= 15 is 0 Å². The van der Waals surface area contributed by atoms with Crippen LogP contribution in [0.25, 0.3) is 5.69 Å². The first-order valence-corrected chi connectivity index (χ1v) is 6.75. The van der Waals surface area contributed by atoms with E-state index in [4.69, 9.17) is 4.74 Å². The van der Waals surface area contributed by atoms with Gasteiger partial charge in [-0.15, -0.1) is 5.10 Å². The van der Waals surface area contributed by atoms with Crippen LogP contribution in [0.2, 0.25) is 0 Å². The number of methoxy groups -OCH3 is 1. The largest absolute Gasteiger partial charge is 0.383 e. The second-order valence-corrected chi connectivity index (χ2v) is 4.91. The third-order valence-electron chi connectivity index (χ3n) is 2.77. The van der Waals surface area contributed by atoms with Crippen molar-refractivity contribution in [1.82, 2.24) is 25.5 Å². The predicted octanol–water partition coefficient (Wildman–Crippen LogP) is 1.47. The van der Waals surface area contributed by atoms with Crippen LogP contribution in [-0.2, 0) is 11.3 Å². The lowest BCUT2D eigenvalue weighted by Crippen LogP contribution is -2.21. The van der Waals surface area contributed by atoms with Gasteiger partial charge in [0.1, 0.15) is 0 Å². The van der Waals surface area contributed by atoms with Crippen molar-refractivity contribution in [2.75, 3.05) is 20.3 Å². The Morgan fingerprint density at radius 3 is 3.05 bits per heavy atom. The first kappa shape index (κ1) is 14.1. The third-order valence-corrected chi connectivity index (χ3v) is 3.63. The zero-order valence-corrected chi connectivity index (χ0v) is 12.5. The van der Waals surface area contributed by atoms with Gasteiger partial charge >= 0.3 is 0 Å². The second-order valence-electron chi connectivity index (χ2n) is 4.06. The standard InChI is InChI=1S/C12H16BrN5O/c1-9-10(13)4-3-5-11(9)18-12(15-16-17-18)8-14-6-7-19-2/h3-5,14H,6-8H2,1-2H3. The molecule has 0 spiro atoms. The fourth-order valence-electron chi connectivity index (χ4n) is 1.70. The Bertz CT molecular complexity index is 543. The van der Waals surface area contributed by atoms with E-state index < -0.39 is 0 Å². The predicted molar refractivity (Wildman–Crippen MR) is 75.2 cm³/mol. The third kappa shape index (κ3) is 3.37. The van der Waals surface area contributed by atoms with E-state index in [9.17, 15) is 0 Å². The SMILES string of the molecule is COCCNCc1nnnn1-c1cccc(Br)c1C. The van der Waals surface area contributed by atoms with Gasteiger partial charge in [0.05, 0.1) is 18.8 Å². The number of tetrazole rings is 1. The van der Waals surface area contributed by atoms with Crippen molar-refractivity contribution in [3.8, 4) is 5.69 Å². The minimum Gasteiger partial charge on any atom is -0.383 e. The number of rotatable bonds is 6. The zero-order valence-electron chi connectivity index (χ0n) is 10.9. The number of halogens is 1. The molecule has 0 fully saturated rings. The molecule has 0 radical (unpaired) electrons. The summed E-state index contributed by atoms with van der Waals surface area (Å²) in [5.74, 6) is 0.775. The molecule has 2 rings (SSSR count). The van der Waals surface area contributed by atoms with Gasteiger partial charge in [-0.1, -0.05) is 22.0 Å². The van der Waals surface area contributed by atoms with E-state index in [1.807, 2.05) is 25.1 Å². The van der Waals surface area contributed by atoms with Crippen LogP contribution < -0.4 is 5.32 Å². The average molecular weight is 326 g/mol. The van der Waals surface area contributed by atoms with E-state index in [1.54, 1.807) is 11.8 Å². The van der Waals surface area contributed by atoms with E-state index in [1.165, 1.54) is 0 Å². The fraction of sp³-hybridized carbons (Fsp3) is 0.417. The number of nitrogens with one attached hydrogen (secondary N) is 1. The molecule has 1 aromatic carbocycles. The monoisotopic (exact) mass is 325 g/mol. The lowest BCUT2D eigenvalue weighted by molar-refractivity contribution is 0.199. The highest BCUT2D eigenvalue weighted by molar-refractivity contribution is 9.10. The van der Waals surface area contributed by atoms with Crippen molar-refractivity contribution < 1.29 is 4.74 Å². The molecule has 0 aliphatic heterocycles. The van der Waals surface area contributed by atoms with Crippen LogP contribution in [0.5, 0.6) is 0 Å². The quantitative estimate of drug-likeness (QED) is 0.815. The molecule has 1 heterocycles. The van der Waals surface area contributed by atoms with Gasteiger partial charge in [0.2, 0.25) is 0 Å². The second kappa shape index (κ2) is 6.74. The molecule has 7 heteroatoms. The summed E-state index contributed by atoms with van der Waals surface area (Å²) < 4.78 is 7.77. The van der Waals surface area contributed by atoms with Gasteiger partial charge in [-0.3, -0.25) is 0 Å². The van der Waals surface area contributed by atoms with Gasteiger partial charge in [0.25, 0.3) is 0 Å². The Labute approximate surface area is 120 Å². The van der Waals surface area contributed by atoms with Crippen molar-refractivity contribution in [3.05, 3.63) is 34.1 Å². The van der Waals surface area contributed by atoms with Crippen LogP contribution >= 0.6 is 15.9 Å². The summed E-state index contributed by atoms with van der Waals surface area (Å²) in [6.07, 6.45) is 0. The number of hydrogen-bond donors (Lipinski definition) is 1. The highest BCUT2D eigenvalue weighted by Crippen LogP contribution is 2.22. The molecular formula is C12H16BrN5O. The Hall–Kier alpha value is -1.31. The molecule has 19 heavy (non-hydrogen) atoms. The molecule has 0 amide bonds. The first-order chi connectivity index (χ1) is 9.24. The van der Waals surface area contributed by atoms with Crippen LogP contribution in [-0.4, -0.2) is 40.5 Å². The Morgan fingerprint density at radius 2 is 2.26 bits per heavy atom. The lowest BCUT2D eigenvalue weighted by atomic mass is 10.2. The summed E-state index contributed by atoms with van der Waals surface area (Å²) >= 11 is 3.52. The zero-order chi connectivity index (χ0) is 13.7. The molecule has 1 N–H and O–H groups in total. The lowest BCUT2D eigenvalue weighted by Gasteiger charge is -2.09. The number of benzene rings is 1. The number of hydrogen-bond acceptors (Lipinski definition) is 5. The minimum absolute atomic E-state index is 0.600. The van der Waals surface area contributed by atoms with Gasteiger partial charge in [0, 0.05) is 18.1 Å². The van der Waals surface area contributed by atoms with E-state index in [0.29, 0.717) is 13.2 Å². The minimum atomic E-state index is 0.600. The first-order valence-electron chi connectivity index (χ1n) is 5.96. The maximum Gasteiger partial charge on any atom is 0.170 e. The molecule has 0 saturated carbocycles. The van der Waals surface area contributed by atoms with Crippen molar-refractivity contribution in [2.45, 2.75) is 13.5 Å². The number of ether oxygens (including phenoxy) is 1. The maximum atomic E-state index is 4.98. The van der Waals surface area contributed by atoms with Crippen LogP contribution in [0.15, 0.2) is 22.7 Å². The molecule has 6 nitrogen and oxygen atoms in total. The molecule has 0 aliphatic rings. The van der Waals surface area contributed by atoms with Crippen LogP contribution in [0, 0.1) is 6.92 Å². The van der Waals surface area contributed by atoms with Crippen LogP contribution in [0.4, 0.5) is 0 Å². The Morgan fingerprint density at radius 1 is 1.42 bits per heavy atom. The molecule has 102 valence electrons. The summed E-state index contributed by atoms with van der Waals surface area (Å²) in [6, 6.07) is 5.96. The topological polar surface area (TPSA) is 64.9 Å². The highest BCUT2D eigenvalue weighted by Gasteiger charge is 2.11. The normalized spacial score (nSPS) is 10.9. The molecule has 1 aromatic heterocycles. The van der Waals surface area contributed by atoms with E-state index in [-0.39, 0.29) is 0 Å². The average Bonchev–Trinajstić information content (AvgIpc) is 2.86. The van der Waals surface area contributed by atoms with E-state index in [2.05, 4.69) is 36.8 Å². The molecule has 0 bridgehead atoms. The Balaban J connectivity index is 2.17. The number of nitrogens with zero attached hydrogens (tertiary/aromatic N) is 4.